The molecule has 0 heterocycles. The van der Waals surface area contributed by atoms with Crippen molar-refractivity contribution < 1.29 is 0 Å². The third kappa shape index (κ3) is 2.77. The number of hydrogen-bond donors (Lipinski definition) is 1. The average Bonchev–Trinajstić information content (AvgIpc) is 2.29. The fraction of sp³-hybridized carbons (Fsp3) is 0.143. The van der Waals surface area contributed by atoms with E-state index in [2.05, 4.69) is 18.3 Å². The summed E-state index contributed by atoms with van der Waals surface area (Å²) >= 11 is 6.05. The molecule has 82 valence electrons. The third-order valence-electron chi connectivity index (χ3n) is 2.43. The van der Waals surface area contributed by atoms with Crippen LogP contribution in [0.25, 0.3) is 0 Å². The van der Waals surface area contributed by atoms with Gasteiger partial charge in [0.05, 0.1) is 0 Å². The zero-order valence-electron chi connectivity index (χ0n) is 9.20. The van der Waals surface area contributed by atoms with E-state index in [4.69, 9.17) is 11.6 Å². The molecule has 2 aromatic carbocycles. The second kappa shape index (κ2) is 5.04. The Morgan fingerprint density at radius 1 is 1.00 bits per heavy atom. The first-order valence-corrected chi connectivity index (χ1v) is 5.77. The molecule has 1 nitrogen and oxygen atoms in total. The summed E-state index contributed by atoms with van der Waals surface area (Å²) in [6.45, 7) is 2.12. The summed E-state index contributed by atoms with van der Waals surface area (Å²) in [5.41, 5.74) is 3.35. The standard InChI is InChI=1S/C14H14ClN/c1-2-11-8-12(15)10-14(9-11)16-13-6-4-3-5-7-13/h3-10,16H,2H2,1H3. The number of benzene rings is 2. The lowest BCUT2D eigenvalue weighted by Crippen LogP contribution is -1.91. The summed E-state index contributed by atoms with van der Waals surface area (Å²) in [5, 5.41) is 4.11. The third-order valence-corrected chi connectivity index (χ3v) is 2.65. The highest BCUT2D eigenvalue weighted by atomic mass is 35.5. The molecule has 2 heteroatoms. The van der Waals surface area contributed by atoms with Crippen LogP contribution in [-0.4, -0.2) is 0 Å². The van der Waals surface area contributed by atoms with Crippen LogP contribution in [0.1, 0.15) is 12.5 Å². The number of hydrogen-bond acceptors (Lipinski definition) is 1. The smallest absolute Gasteiger partial charge is 0.0429 e. The Morgan fingerprint density at radius 3 is 2.44 bits per heavy atom. The van der Waals surface area contributed by atoms with Gasteiger partial charge in [-0.05, 0) is 42.3 Å². The van der Waals surface area contributed by atoms with Crippen molar-refractivity contribution in [2.24, 2.45) is 0 Å². The van der Waals surface area contributed by atoms with Gasteiger partial charge in [0.1, 0.15) is 0 Å². The summed E-state index contributed by atoms with van der Waals surface area (Å²) in [4.78, 5) is 0. The van der Waals surface area contributed by atoms with Gasteiger partial charge in [0.15, 0.2) is 0 Å². The fourth-order valence-electron chi connectivity index (χ4n) is 1.61. The molecule has 0 amide bonds. The second-order valence-corrected chi connectivity index (χ2v) is 4.13. The van der Waals surface area contributed by atoms with Crippen LogP contribution in [0.5, 0.6) is 0 Å². The monoisotopic (exact) mass is 231 g/mol. The van der Waals surface area contributed by atoms with E-state index in [0.717, 1.165) is 22.8 Å². The van der Waals surface area contributed by atoms with Crippen LogP contribution >= 0.6 is 11.6 Å². The molecule has 2 aromatic rings. The Bertz CT molecular complexity index is 465. The predicted octanol–water partition coefficient (Wildman–Crippen LogP) is 4.65. The Labute approximate surface area is 101 Å². The van der Waals surface area contributed by atoms with Crippen molar-refractivity contribution in [2.45, 2.75) is 13.3 Å². The highest BCUT2D eigenvalue weighted by molar-refractivity contribution is 6.30. The summed E-state index contributed by atoms with van der Waals surface area (Å²) in [6.07, 6.45) is 0.990. The molecule has 0 radical (unpaired) electrons. The van der Waals surface area contributed by atoms with Gasteiger partial charge in [-0.15, -0.1) is 0 Å². The number of nitrogens with one attached hydrogen (secondary N) is 1. The minimum Gasteiger partial charge on any atom is -0.355 e. The van der Waals surface area contributed by atoms with Crippen molar-refractivity contribution in [1.29, 1.82) is 0 Å². The molecule has 0 atom stereocenters. The summed E-state index contributed by atoms with van der Waals surface area (Å²) in [6, 6.07) is 16.1. The molecule has 0 fully saturated rings. The van der Waals surface area contributed by atoms with E-state index in [-0.39, 0.29) is 0 Å². The van der Waals surface area contributed by atoms with E-state index in [1.807, 2.05) is 42.5 Å². The molecule has 0 aromatic heterocycles. The zero-order chi connectivity index (χ0) is 11.4. The Morgan fingerprint density at radius 2 is 1.75 bits per heavy atom. The van der Waals surface area contributed by atoms with Gasteiger partial charge in [-0.25, -0.2) is 0 Å². The zero-order valence-corrected chi connectivity index (χ0v) is 9.96. The molecule has 0 saturated heterocycles. The van der Waals surface area contributed by atoms with E-state index in [0.29, 0.717) is 0 Å². The second-order valence-electron chi connectivity index (χ2n) is 3.69. The van der Waals surface area contributed by atoms with Crippen molar-refractivity contribution in [3.8, 4) is 0 Å². The molecule has 16 heavy (non-hydrogen) atoms. The quantitative estimate of drug-likeness (QED) is 0.811. The van der Waals surface area contributed by atoms with Gasteiger partial charge >= 0.3 is 0 Å². The molecular formula is C14H14ClN. The number of halogens is 1. The topological polar surface area (TPSA) is 12.0 Å². The van der Waals surface area contributed by atoms with Gasteiger partial charge < -0.3 is 5.32 Å². The Hall–Kier alpha value is -1.47. The Balaban J connectivity index is 2.24. The summed E-state index contributed by atoms with van der Waals surface area (Å²) < 4.78 is 0. The van der Waals surface area contributed by atoms with Crippen LogP contribution in [0.4, 0.5) is 11.4 Å². The minimum absolute atomic E-state index is 0.776. The number of anilines is 2. The maximum Gasteiger partial charge on any atom is 0.0429 e. The summed E-state index contributed by atoms with van der Waals surface area (Å²) in [5.74, 6) is 0. The molecule has 2 rings (SSSR count). The van der Waals surface area contributed by atoms with Crippen molar-refractivity contribution in [3.05, 3.63) is 59.1 Å². The maximum absolute atomic E-state index is 6.05. The van der Waals surface area contributed by atoms with E-state index in [1.54, 1.807) is 0 Å². The largest absolute Gasteiger partial charge is 0.355 e. The predicted molar refractivity (Wildman–Crippen MR) is 70.6 cm³/mol. The van der Waals surface area contributed by atoms with E-state index in [1.165, 1.54) is 5.56 Å². The number of rotatable bonds is 3. The SMILES string of the molecule is CCc1cc(Cl)cc(Nc2ccccc2)c1. The normalized spacial score (nSPS) is 10.1. The molecule has 0 aliphatic rings. The summed E-state index contributed by atoms with van der Waals surface area (Å²) in [7, 11) is 0. The highest BCUT2D eigenvalue weighted by Crippen LogP contribution is 2.22. The molecule has 0 aliphatic heterocycles. The molecule has 0 spiro atoms. The fourth-order valence-corrected chi connectivity index (χ4v) is 1.87. The van der Waals surface area contributed by atoms with Crippen molar-refractivity contribution in [1.82, 2.24) is 0 Å². The van der Waals surface area contributed by atoms with Gasteiger partial charge in [0.2, 0.25) is 0 Å². The van der Waals surface area contributed by atoms with Crippen LogP contribution in [-0.2, 0) is 6.42 Å². The van der Waals surface area contributed by atoms with E-state index < -0.39 is 0 Å². The van der Waals surface area contributed by atoms with Crippen LogP contribution < -0.4 is 5.32 Å². The van der Waals surface area contributed by atoms with Crippen LogP contribution in [0.15, 0.2) is 48.5 Å². The lowest BCUT2D eigenvalue weighted by atomic mass is 10.1. The van der Waals surface area contributed by atoms with E-state index >= 15 is 0 Å². The molecule has 0 unspecified atom stereocenters. The lowest BCUT2D eigenvalue weighted by Gasteiger charge is -2.08. The van der Waals surface area contributed by atoms with Crippen LogP contribution in [0.3, 0.4) is 0 Å². The molecule has 0 aliphatic carbocycles. The molecule has 1 N–H and O–H groups in total. The molecule has 0 saturated carbocycles. The van der Waals surface area contributed by atoms with Crippen molar-refractivity contribution in [2.75, 3.05) is 5.32 Å². The van der Waals surface area contributed by atoms with Crippen molar-refractivity contribution in [3.63, 3.8) is 0 Å². The van der Waals surface area contributed by atoms with E-state index in [9.17, 15) is 0 Å². The van der Waals surface area contributed by atoms with Gasteiger partial charge in [-0.1, -0.05) is 36.7 Å². The van der Waals surface area contributed by atoms with Gasteiger partial charge in [-0.3, -0.25) is 0 Å². The first-order valence-electron chi connectivity index (χ1n) is 5.39. The maximum atomic E-state index is 6.05. The van der Waals surface area contributed by atoms with Gasteiger partial charge in [-0.2, -0.15) is 0 Å². The first kappa shape index (κ1) is 11.0. The molecular weight excluding hydrogens is 218 g/mol. The average molecular weight is 232 g/mol. The van der Waals surface area contributed by atoms with Crippen molar-refractivity contribution >= 4 is 23.0 Å². The Kier molecular flexibility index (Phi) is 3.47. The van der Waals surface area contributed by atoms with Gasteiger partial charge in [0.25, 0.3) is 0 Å². The van der Waals surface area contributed by atoms with Crippen LogP contribution in [0, 0.1) is 0 Å². The lowest BCUT2D eigenvalue weighted by molar-refractivity contribution is 1.14. The number of para-hydroxylation sites is 1. The highest BCUT2D eigenvalue weighted by Gasteiger charge is 1.98. The van der Waals surface area contributed by atoms with Crippen LogP contribution in [0.2, 0.25) is 5.02 Å². The van der Waals surface area contributed by atoms with Gasteiger partial charge in [0, 0.05) is 16.4 Å². The number of aryl methyl sites for hydroxylation is 1. The minimum atomic E-state index is 0.776. The first-order chi connectivity index (χ1) is 7.78. The molecule has 0 bridgehead atoms.